The van der Waals surface area contributed by atoms with Gasteiger partial charge in [0.1, 0.15) is 0 Å². The third kappa shape index (κ3) is 2.33. The van der Waals surface area contributed by atoms with Crippen molar-refractivity contribution in [3.8, 4) is 0 Å². The molecule has 0 unspecified atom stereocenters. The quantitative estimate of drug-likeness (QED) is 0.440. The number of nitrogens with zero attached hydrogens (tertiary/aromatic N) is 1. The van der Waals surface area contributed by atoms with Gasteiger partial charge in [0.05, 0.1) is 0 Å². The van der Waals surface area contributed by atoms with Gasteiger partial charge < -0.3 is 0 Å². The molecule has 0 N–H and O–H groups in total. The van der Waals surface area contributed by atoms with Gasteiger partial charge in [-0.05, 0) is 0 Å². The molecule has 2 amide bonds. The maximum Gasteiger partial charge on any atom is 0.244 e. The van der Waals surface area contributed by atoms with Crippen molar-refractivity contribution < 1.29 is 9.59 Å². The zero-order valence-corrected chi connectivity index (χ0v) is 7.26. The molecule has 0 saturated carbocycles. The van der Waals surface area contributed by atoms with Crippen LogP contribution in [0.15, 0.2) is 0 Å². The van der Waals surface area contributed by atoms with Gasteiger partial charge in [0, 0.05) is 24.6 Å². The van der Waals surface area contributed by atoms with E-state index in [1.54, 1.807) is 0 Å². The van der Waals surface area contributed by atoms with Crippen molar-refractivity contribution in [1.82, 2.24) is 4.42 Å². The number of carbonyl (C=O) groups is 2. The van der Waals surface area contributed by atoms with Crippen LogP contribution in [0.5, 0.6) is 0 Å². The molecule has 1 aliphatic rings. The molecule has 0 aliphatic carbocycles. The molecule has 0 atom stereocenters. The maximum absolute atomic E-state index is 10.4. The number of halogens is 3. The van der Waals surface area contributed by atoms with Gasteiger partial charge in [-0.2, -0.15) is 4.42 Å². The summed E-state index contributed by atoms with van der Waals surface area (Å²) in [6, 6.07) is 0. The summed E-state index contributed by atoms with van der Waals surface area (Å²) in [4.78, 5) is 20.7. The Hall–Kier alpha value is 0.01000. The summed E-state index contributed by atoms with van der Waals surface area (Å²) in [5.41, 5.74) is 0. The first-order valence-corrected chi connectivity index (χ1v) is 2.57. The SMILES string of the molecule is Cl.Cl.O=C1CCC(=O)N1Cl. The molecule has 1 fully saturated rings. The molecule has 1 aliphatic heterocycles. The lowest BCUT2D eigenvalue weighted by Gasteiger charge is -1.96. The van der Waals surface area contributed by atoms with E-state index in [1.165, 1.54) is 0 Å². The van der Waals surface area contributed by atoms with Crippen molar-refractivity contribution in [3.05, 3.63) is 0 Å². The lowest BCUT2D eigenvalue weighted by atomic mass is 10.4. The van der Waals surface area contributed by atoms with E-state index < -0.39 is 0 Å². The first-order valence-electron chi connectivity index (χ1n) is 2.23. The summed E-state index contributed by atoms with van der Waals surface area (Å²) < 4.78 is 0.639. The van der Waals surface area contributed by atoms with Crippen molar-refractivity contribution >= 4 is 48.4 Å². The molecule has 6 heteroatoms. The fourth-order valence-electron chi connectivity index (χ4n) is 0.549. The summed E-state index contributed by atoms with van der Waals surface area (Å²) in [7, 11) is 0. The molecule has 0 aromatic rings. The van der Waals surface area contributed by atoms with Crippen molar-refractivity contribution in [2.24, 2.45) is 0 Å². The highest BCUT2D eigenvalue weighted by atomic mass is 35.5. The van der Waals surface area contributed by atoms with Crippen LogP contribution in [0.1, 0.15) is 12.8 Å². The van der Waals surface area contributed by atoms with Crippen LogP contribution in [-0.4, -0.2) is 16.2 Å². The number of imide groups is 1. The largest absolute Gasteiger partial charge is 0.273 e. The molecular weight excluding hydrogens is 200 g/mol. The van der Waals surface area contributed by atoms with Crippen LogP contribution in [0.3, 0.4) is 0 Å². The normalized spacial score (nSPS) is 16.3. The van der Waals surface area contributed by atoms with Crippen LogP contribution >= 0.6 is 36.6 Å². The minimum atomic E-state index is -0.295. The van der Waals surface area contributed by atoms with E-state index in [-0.39, 0.29) is 49.5 Å². The van der Waals surface area contributed by atoms with E-state index in [4.69, 9.17) is 11.8 Å². The number of hydrogen-bond acceptors (Lipinski definition) is 2. The second-order valence-electron chi connectivity index (χ2n) is 1.57. The number of rotatable bonds is 0. The molecule has 0 radical (unpaired) electrons. The van der Waals surface area contributed by atoms with Gasteiger partial charge in [-0.15, -0.1) is 24.8 Å². The predicted molar refractivity (Wildman–Crippen MR) is 41.4 cm³/mol. The van der Waals surface area contributed by atoms with E-state index in [1.807, 2.05) is 0 Å². The van der Waals surface area contributed by atoms with Crippen molar-refractivity contribution in [3.63, 3.8) is 0 Å². The average Bonchev–Trinajstić information content (AvgIpc) is 1.98. The monoisotopic (exact) mass is 205 g/mol. The Bertz CT molecular complexity index is 133. The van der Waals surface area contributed by atoms with Gasteiger partial charge in [-0.25, -0.2) is 0 Å². The van der Waals surface area contributed by atoms with E-state index in [0.717, 1.165) is 0 Å². The Morgan fingerprint density at radius 3 is 1.50 bits per heavy atom. The molecule has 1 saturated heterocycles. The van der Waals surface area contributed by atoms with Crippen LogP contribution in [0.4, 0.5) is 0 Å². The summed E-state index contributed by atoms with van der Waals surface area (Å²) in [5.74, 6) is -0.590. The lowest BCUT2D eigenvalue weighted by molar-refractivity contribution is -0.132. The molecule has 0 aromatic heterocycles. The second-order valence-corrected chi connectivity index (χ2v) is 1.91. The minimum absolute atomic E-state index is 0. The summed E-state index contributed by atoms with van der Waals surface area (Å²) in [6.07, 6.45) is 0.532. The van der Waals surface area contributed by atoms with E-state index in [9.17, 15) is 9.59 Å². The summed E-state index contributed by atoms with van der Waals surface area (Å²) in [6.45, 7) is 0. The summed E-state index contributed by atoms with van der Waals surface area (Å²) >= 11 is 5.15. The van der Waals surface area contributed by atoms with Gasteiger partial charge in [-0.3, -0.25) is 9.59 Å². The second kappa shape index (κ2) is 4.77. The minimum Gasteiger partial charge on any atom is -0.273 e. The van der Waals surface area contributed by atoms with Gasteiger partial charge in [0.25, 0.3) is 0 Å². The van der Waals surface area contributed by atoms with Crippen LogP contribution < -0.4 is 0 Å². The zero-order valence-electron chi connectivity index (χ0n) is 4.87. The predicted octanol–water partition coefficient (Wildman–Crippen LogP) is 1.13. The third-order valence-corrected chi connectivity index (χ3v) is 1.37. The van der Waals surface area contributed by atoms with Crippen LogP contribution in [0, 0.1) is 0 Å². The molecule has 1 heterocycles. The van der Waals surface area contributed by atoms with Crippen LogP contribution in [0.25, 0.3) is 0 Å². The Balaban J connectivity index is 0. The highest BCUT2D eigenvalue weighted by Gasteiger charge is 2.26. The molecule has 10 heavy (non-hydrogen) atoms. The van der Waals surface area contributed by atoms with Crippen molar-refractivity contribution in [2.45, 2.75) is 12.8 Å². The van der Waals surface area contributed by atoms with Crippen molar-refractivity contribution in [1.29, 1.82) is 0 Å². The standard InChI is InChI=1S/C4H4ClNO2.2ClH/c5-6-3(7)1-2-4(6)8;;/h1-2H2;2*1H. The Labute approximate surface area is 75.6 Å². The molecule has 0 spiro atoms. The lowest BCUT2D eigenvalue weighted by Crippen LogP contribution is -2.16. The zero-order chi connectivity index (χ0) is 6.15. The number of hydrogen-bond donors (Lipinski definition) is 0. The smallest absolute Gasteiger partial charge is 0.244 e. The summed E-state index contributed by atoms with van der Waals surface area (Å²) in [5, 5.41) is 0. The Morgan fingerprint density at radius 1 is 1.10 bits per heavy atom. The van der Waals surface area contributed by atoms with Crippen LogP contribution in [-0.2, 0) is 9.59 Å². The van der Waals surface area contributed by atoms with Gasteiger partial charge in [-0.1, -0.05) is 0 Å². The topological polar surface area (TPSA) is 37.4 Å². The third-order valence-electron chi connectivity index (χ3n) is 0.991. The number of carbonyl (C=O) groups excluding carboxylic acids is 2. The fraction of sp³-hybridized carbons (Fsp3) is 0.500. The molecular formula is C4H6Cl3NO2. The fourth-order valence-corrected chi connectivity index (χ4v) is 0.718. The van der Waals surface area contributed by atoms with E-state index >= 15 is 0 Å². The van der Waals surface area contributed by atoms with E-state index in [2.05, 4.69) is 0 Å². The average molecular weight is 206 g/mol. The Morgan fingerprint density at radius 2 is 1.40 bits per heavy atom. The molecule has 60 valence electrons. The maximum atomic E-state index is 10.4. The van der Waals surface area contributed by atoms with E-state index in [0.29, 0.717) is 4.42 Å². The van der Waals surface area contributed by atoms with Gasteiger partial charge in [0.2, 0.25) is 11.8 Å². The van der Waals surface area contributed by atoms with Crippen LogP contribution in [0.2, 0.25) is 0 Å². The van der Waals surface area contributed by atoms with Crippen molar-refractivity contribution in [2.75, 3.05) is 0 Å². The van der Waals surface area contributed by atoms with Gasteiger partial charge >= 0.3 is 0 Å². The molecule has 0 aromatic carbocycles. The molecule has 3 nitrogen and oxygen atoms in total. The highest BCUT2D eigenvalue weighted by Crippen LogP contribution is 2.12. The highest BCUT2D eigenvalue weighted by molar-refractivity contribution is 6.32. The number of amides is 2. The molecule has 0 bridgehead atoms. The first-order chi connectivity index (χ1) is 3.72. The van der Waals surface area contributed by atoms with Gasteiger partial charge in [0.15, 0.2) is 0 Å². The Kier molecular flexibility index (Phi) is 6.04. The first kappa shape index (κ1) is 12.7. The molecule has 1 rings (SSSR count).